The van der Waals surface area contributed by atoms with Gasteiger partial charge < -0.3 is 5.32 Å². The monoisotopic (exact) mass is 221 g/mol. The lowest BCUT2D eigenvalue weighted by molar-refractivity contribution is 0.440. The first-order valence-electron chi connectivity index (χ1n) is 6.46. The molecule has 0 bridgehead atoms. The Morgan fingerprint density at radius 3 is 3.00 bits per heavy atom. The van der Waals surface area contributed by atoms with Gasteiger partial charge in [0.1, 0.15) is 0 Å². The Labute approximate surface area is 98.2 Å². The van der Waals surface area contributed by atoms with Crippen LogP contribution in [0.2, 0.25) is 0 Å². The topological polar surface area (TPSA) is 29.9 Å². The summed E-state index contributed by atoms with van der Waals surface area (Å²) in [6, 6.07) is 2.80. The van der Waals surface area contributed by atoms with Crippen LogP contribution in [0.3, 0.4) is 0 Å². The Morgan fingerprint density at radius 1 is 1.38 bits per heavy atom. The Balaban J connectivity index is 1.79. The van der Waals surface area contributed by atoms with Crippen LogP contribution < -0.4 is 5.32 Å². The fourth-order valence-electron chi connectivity index (χ4n) is 2.51. The highest BCUT2D eigenvalue weighted by Gasteiger charge is 2.15. The van der Waals surface area contributed by atoms with Gasteiger partial charge in [-0.15, -0.1) is 0 Å². The molecule has 2 unspecified atom stereocenters. The van der Waals surface area contributed by atoms with Crippen molar-refractivity contribution in [3.63, 3.8) is 0 Å². The molecule has 16 heavy (non-hydrogen) atoms. The third-order valence-electron chi connectivity index (χ3n) is 3.75. The summed E-state index contributed by atoms with van der Waals surface area (Å²) in [5.41, 5.74) is 1.28. The molecule has 1 fully saturated rings. The van der Waals surface area contributed by atoms with Gasteiger partial charge in [0.05, 0.1) is 5.69 Å². The molecule has 1 N–H and O–H groups in total. The molecule has 2 rings (SSSR count). The average Bonchev–Trinajstić information content (AvgIpc) is 2.55. The van der Waals surface area contributed by atoms with Crippen LogP contribution in [0.5, 0.6) is 0 Å². The second kappa shape index (κ2) is 5.48. The van der Waals surface area contributed by atoms with Gasteiger partial charge in [-0.1, -0.05) is 19.8 Å². The maximum absolute atomic E-state index is 4.19. The fourth-order valence-corrected chi connectivity index (χ4v) is 2.51. The van der Waals surface area contributed by atoms with Crippen molar-refractivity contribution in [1.82, 2.24) is 15.1 Å². The summed E-state index contributed by atoms with van der Waals surface area (Å²) in [7, 11) is 2.01. The first-order chi connectivity index (χ1) is 7.75. The third kappa shape index (κ3) is 3.08. The van der Waals surface area contributed by atoms with Crippen molar-refractivity contribution < 1.29 is 0 Å². The number of rotatable bonds is 3. The van der Waals surface area contributed by atoms with Gasteiger partial charge in [0.2, 0.25) is 0 Å². The first kappa shape index (κ1) is 11.6. The molecule has 1 aromatic heterocycles. The van der Waals surface area contributed by atoms with Crippen LogP contribution in [0.1, 0.15) is 44.7 Å². The number of aromatic nitrogens is 2. The molecule has 1 heterocycles. The van der Waals surface area contributed by atoms with Crippen LogP contribution >= 0.6 is 0 Å². The molecular weight excluding hydrogens is 198 g/mol. The molecule has 0 amide bonds. The van der Waals surface area contributed by atoms with Crippen LogP contribution in [-0.4, -0.2) is 15.8 Å². The molecular formula is C13H23N3. The highest BCUT2D eigenvalue weighted by molar-refractivity contribution is 4.99. The van der Waals surface area contributed by atoms with Gasteiger partial charge in [-0.3, -0.25) is 4.68 Å². The standard InChI is InChI=1S/C13H23N3/c1-11-4-3-5-12(7-6-11)14-10-13-8-9-15-16(13)2/h8-9,11-12,14H,3-7,10H2,1-2H3. The largest absolute Gasteiger partial charge is 0.308 e. The van der Waals surface area contributed by atoms with Gasteiger partial charge in [0, 0.05) is 25.8 Å². The SMILES string of the molecule is CC1CCCC(NCc2ccnn2C)CC1. The van der Waals surface area contributed by atoms with Gasteiger partial charge in [-0.2, -0.15) is 5.10 Å². The fraction of sp³-hybridized carbons (Fsp3) is 0.769. The molecule has 2 atom stereocenters. The van der Waals surface area contributed by atoms with Crippen LogP contribution in [0.15, 0.2) is 12.3 Å². The number of hydrogen-bond donors (Lipinski definition) is 1. The molecule has 1 aromatic rings. The summed E-state index contributed by atoms with van der Waals surface area (Å²) in [5, 5.41) is 7.85. The Hall–Kier alpha value is -0.830. The molecule has 1 saturated carbocycles. The lowest BCUT2D eigenvalue weighted by Crippen LogP contribution is -2.28. The highest BCUT2D eigenvalue weighted by atomic mass is 15.3. The average molecular weight is 221 g/mol. The van der Waals surface area contributed by atoms with Crippen molar-refractivity contribution in [1.29, 1.82) is 0 Å². The van der Waals surface area contributed by atoms with E-state index in [1.807, 2.05) is 17.9 Å². The zero-order valence-electron chi connectivity index (χ0n) is 10.4. The van der Waals surface area contributed by atoms with E-state index in [4.69, 9.17) is 0 Å². The summed E-state index contributed by atoms with van der Waals surface area (Å²) in [4.78, 5) is 0. The van der Waals surface area contributed by atoms with E-state index in [1.54, 1.807) is 0 Å². The van der Waals surface area contributed by atoms with Crippen molar-refractivity contribution in [2.24, 2.45) is 13.0 Å². The Kier molecular flexibility index (Phi) is 3.99. The van der Waals surface area contributed by atoms with E-state index in [1.165, 1.54) is 37.8 Å². The van der Waals surface area contributed by atoms with Gasteiger partial charge in [-0.05, 0) is 31.2 Å². The van der Waals surface area contributed by atoms with Gasteiger partial charge in [-0.25, -0.2) is 0 Å². The molecule has 0 aliphatic heterocycles. The number of aryl methyl sites for hydroxylation is 1. The minimum absolute atomic E-state index is 0.708. The van der Waals surface area contributed by atoms with Gasteiger partial charge >= 0.3 is 0 Å². The summed E-state index contributed by atoms with van der Waals surface area (Å²) >= 11 is 0. The summed E-state index contributed by atoms with van der Waals surface area (Å²) in [5.74, 6) is 0.920. The third-order valence-corrected chi connectivity index (χ3v) is 3.75. The van der Waals surface area contributed by atoms with E-state index in [9.17, 15) is 0 Å². The number of hydrogen-bond acceptors (Lipinski definition) is 2. The van der Waals surface area contributed by atoms with E-state index >= 15 is 0 Å². The first-order valence-corrected chi connectivity index (χ1v) is 6.46. The maximum atomic E-state index is 4.19. The Morgan fingerprint density at radius 2 is 2.25 bits per heavy atom. The van der Waals surface area contributed by atoms with Crippen LogP contribution in [0.25, 0.3) is 0 Å². The number of nitrogens with zero attached hydrogens (tertiary/aromatic N) is 2. The summed E-state index contributed by atoms with van der Waals surface area (Å²) in [6.07, 6.45) is 8.70. The number of nitrogens with one attached hydrogen (secondary N) is 1. The summed E-state index contributed by atoms with van der Waals surface area (Å²) in [6.45, 7) is 3.33. The maximum Gasteiger partial charge on any atom is 0.0518 e. The van der Waals surface area contributed by atoms with Crippen molar-refractivity contribution in [2.45, 2.75) is 51.6 Å². The second-order valence-corrected chi connectivity index (χ2v) is 5.14. The van der Waals surface area contributed by atoms with Crippen molar-refractivity contribution in [3.8, 4) is 0 Å². The summed E-state index contributed by atoms with van der Waals surface area (Å²) < 4.78 is 1.95. The lowest BCUT2D eigenvalue weighted by Gasteiger charge is -2.16. The van der Waals surface area contributed by atoms with E-state index < -0.39 is 0 Å². The Bertz CT molecular complexity index is 319. The zero-order valence-corrected chi connectivity index (χ0v) is 10.4. The van der Waals surface area contributed by atoms with Crippen LogP contribution in [0, 0.1) is 5.92 Å². The normalized spacial score (nSPS) is 26.6. The molecule has 90 valence electrons. The molecule has 1 aliphatic rings. The van der Waals surface area contributed by atoms with Crippen LogP contribution in [-0.2, 0) is 13.6 Å². The van der Waals surface area contributed by atoms with E-state index in [2.05, 4.69) is 23.4 Å². The minimum Gasteiger partial charge on any atom is -0.308 e. The molecule has 0 saturated heterocycles. The van der Waals surface area contributed by atoms with Gasteiger partial charge in [0.15, 0.2) is 0 Å². The van der Waals surface area contributed by atoms with Crippen molar-refractivity contribution in [2.75, 3.05) is 0 Å². The molecule has 3 nitrogen and oxygen atoms in total. The van der Waals surface area contributed by atoms with Crippen LogP contribution in [0.4, 0.5) is 0 Å². The highest BCUT2D eigenvalue weighted by Crippen LogP contribution is 2.22. The van der Waals surface area contributed by atoms with Gasteiger partial charge in [0.25, 0.3) is 0 Å². The smallest absolute Gasteiger partial charge is 0.0518 e. The van der Waals surface area contributed by atoms with Crippen molar-refractivity contribution in [3.05, 3.63) is 18.0 Å². The molecule has 0 spiro atoms. The predicted octanol–water partition coefficient (Wildman–Crippen LogP) is 2.48. The van der Waals surface area contributed by atoms with E-state index in [0.717, 1.165) is 12.5 Å². The van der Waals surface area contributed by atoms with E-state index in [0.29, 0.717) is 6.04 Å². The second-order valence-electron chi connectivity index (χ2n) is 5.14. The van der Waals surface area contributed by atoms with E-state index in [-0.39, 0.29) is 0 Å². The minimum atomic E-state index is 0.708. The molecule has 0 radical (unpaired) electrons. The zero-order chi connectivity index (χ0) is 11.4. The molecule has 3 heteroatoms. The molecule has 0 aromatic carbocycles. The lowest BCUT2D eigenvalue weighted by atomic mass is 10.0. The quantitative estimate of drug-likeness (QED) is 0.795. The van der Waals surface area contributed by atoms with Crippen molar-refractivity contribution >= 4 is 0 Å². The predicted molar refractivity (Wildman–Crippen MR) is 66.1 cm³/mol. The molecule has 1 aliphatic carbocycles.